The molecule has 0 aromatic carbocycles. The molecule has 4 rings (SSSR count). The standard InChI is InChI=1S/C18H28N4OS/c1-13-12-24-17(19-13)16(14-6-7-14)20-18(23)22-10-4-5-15(22)11-21-8-2-3-9-21/h12,14-16H,2-11H2,1H3,(H,20,23)/t15-,16+/m0/s1. The third-order valence-electron chi connectivity index (χ3n) is 5.58. The number of likely N-dealkylation sites (tertiary alicyclic amines) is 2. The molecule has 132 valence electrons. The first-order valence-corrected chi connectivity index (χ1v) is 10.3. The Morgan fingerprint density at radius 3 is 2.75 bits per heavy atom. The smallest absolute Gasteiger partial charge is 0.318 e. The third-order valence-corrected chi connectivity index (χ3v) is 6.63. The van der Waals surface area contributed by atoms with Gasteiger partial charge in [-0.15, -0.1) is 11.3 Å². The zero-order valence-electron chi connectivity index (χ0n) is 14.5. The number of carbonyl (C=O) groups is 1. The molecule has 24 heavy (non-hydrogen) atoms. The van der Waals surface area contributed by atoms with Crippen LogP contribution < -0.4 is 5.32 Å². The van der Waals surface area contributed by atoms with Crippen molar-refractivity contribution in [1.29, 1.82) is 0 Å². The average Bonchev–Trinajstić information content (AvgIpc) is 2.96. The molecule has 2 saturated heterocycles. The number of thiazole rings is 1. The van der Waals surface area contributed by atoms with Crippen LogP contribution in [0.15, 0.2) is 5.38 Å². The second kappa shape index (κ2) is 7.00. The van der Waals surface area contributed by atoms with Gasteiger partial charge in [-0.2, -0.15) is 0 Å². The molecule has 6 heteroatoms. The fraction of sp³-hybridized carbons (Fsp3) is 0.778. The van der Waals surface area contributed by atoms with Crippen molar-refractivity contribution >= 4 is 17.4 Å². The molecule has 2 amide bonds. The largest absolute Gasteiger partial charge is 0.328 e. The topological polar surface area (TPSA) is 48.5 Å². The van der Waals surface area contributed by atoms with E-state index in [4.69, 9.17) is 0 Å². The first kappa shape index (κ1) is 16.3. The Hall–Kier alpha value is -1.14. The highest BCUT2D eigenvalue weighted by molar-refractivity contribution is 7.09. The number of nitrogens with zero attached hydrogens (tertiary/aromatic N) is 3. The number of hydrogen-bond acceptors (Lipinski definition) is 4. The molecule has 0 unspecified atom stereocenters. The fourth-order valence-corrected chi connectivity index (χ4v) is 5.04. The molecule has 0 spiro atoms. The zero-order valence-corrected chi connectivity index (χ0v) is 15.4. The zero-order chi connectivity index (χ0) is 16.5. The predicted octanol–water partition coefficient (Wildman–Crippen LogP) is 3.17. The van der Waals surface area contributed by atoms with Gasteiger partial charge in [0, 0.05) is 30.2 Å². The summed E-state index contributed by atoms with van der Waals surface area (Å²) in [5.74, 6) is 0.583. The number of carbonyl (C=O) groups excluding carboxylic acids is 1. The fourth-order valence-electron chi connectivity index (χ4n) is 4.10. The number of aryl methyl sites for hydroxylation is 1. The van der Waals surface area contributed by atoms with Crippen molar-refractivity contribution in [2.45, 2.75) is 57.5 Å². The van der Waals surface area contributed by atoms with Crippen LogP contribution in [0.3, 0.4) is 0 Å². The van der Waals surface area contributed by atoms with Gasteiger partial charge in [-0.25, -0.2) is 9.78 Å². The number of amides is 2. The van der Waals surface area contributed by atoms with E-state index in [0.717, 1.165) is 36.6 Å². The lowest BCUT2D eigenvalue weighted by Gasteiger charge is -2.30. The molecule has 1 N–H and O–H groups in total. The third kappa shape index (κ3) is 3.59. The summed E-state index contributed by atoms with van der Waals surface area (Å²) in [6, 6.07) is 0.631. The Balaban J connectivity index is 1.40. The molecule has 1 aromatic rings. The van der Waals surface area contributed by atoms with Gasteiger partial charge in [-0.1, -0.05) is 0 Å². The van der Waals surface area contributed by atoms with Gasteiger partial charge in [0.25, 0.3) is 0 Å². The van der Waals surface area contributed by atoms with Crippen molar-refractivity contribution in [3.63, 3.8) is 0 Å². The minimum Gasteiger partial charge on any atom is -0.328 e. The van der Waals surface area contributed by atoms with Crippen LogP contribution in [0, 0.1) is 12.8 Å². The highest BCUT2D eigenvalue weighted by Crippen LogP contribution is 2.42. The lowest BCUT2D eigenvalue weighted by molar-refractivity contribution is 0.170. The molecule has 0 radical (unpaired) electrons. The number of hydrogen-bond donors (Lipinski definition) is 1. The Bertz CT molecular complexity index is 579. The van der Waals surface area contributed by atoms with E-state index in [0.29, 0.717) is 12.0 Å². The molecular weight excluding hydrogens is 320 g/mol. The normalized spacial score (nSPS) is 26.0. The van der Waals surface area contributed by atoms with Crippen molar-refractivity contribution in [3.05, 3.63) is 16.1 Å². The predicted molar refractivity (Wildman–Crippen MR) is 96.2 cm³/mol. The van der Waals surface area contributed by atoms with Gasteiger partial charge in [0.2, 0.25) is 0 Å². The Morgan fingerprint density at radius 2 is 2.08 bits per heavy atom. The van der Waals surface area contributed by atoms with Gasteiger partial charge in [0.15, 0.2) is 0 Å². The molecule has 3 fully saturated rings. The van der Waals surface area contributed by atoms with Crippen LogP contribution in [0.1, 0.15) is 55.3 Å². The van der Waals surface area contributed by atoms with Gasteiger partial charge in [0.05, 0.1) is 6.04 Å². The molecule has 0 bridgehead atoms. The van der Waals surface area contributed by atoms with Gasteiger partial charge < -0.3 is 15.1 Å². The van der Waals surface area contributed by atoms with Gasteiger partial charge in [0.1, 0.15) is 5.01 Å². The summed E-state index contributed by atoms with van der Waals surface area (Å²) >= 11 is 1.68. The van der Waals surface area contributed by atoms with Gasteiger partial charge in [-0.05, 0) is 64.5 Å². The molecule has 1 aromatic heterocycles. The number of rotatable bonds is 5. The summed E-state index contributed by atoms with van der Waals surface area (Å²) in [4.78, 5) is 22.2. The molecular formula is C18H28N4OS. The summed E-state index contributed by atoms with van der Waals surface area (Å²) in [5, 5.41) is 6.49. The van der Waals surface area contributed by atoms with E-state index < -0.39 is 0 Å². The minimum atomic E-state index is 0.115. The maximum atomic E-state index is 12.9. The van der Waals surface area contributed by atoms with Crippen molar-refractivity contribution in [1.82, 2.24) is 20.1 Å². The van der Waals surface area contributed by atoms with E-state index in [1.165, 1.54) is 38.8 Å². The summed E-state index contributed by atoms with van der Waals surface area (Å²) < 4.78 is 0. The highest BCUT2D eigenvalue weighted by Gasteiger charge is 2.38. The SMILES string of the molecule is Cc1csc([C@H](NC(=O)N2CCC[C@H]2CN2CCCC2)C2CC2)n1. The summed E-state index contributed by atoms with van der Waals surface area (Å²) in [5.41, 5.74) is 1.06. The average molecular weight is 349 g/mol. The maximum Gasteiger partial charge on any atom is 0.318 e. The highest BCUT2D eigenvalue weighted by atomic mass is 32.1. The second-order valence-corrected chi connectivity index (χ2v) is 8.48. The summed E-state index contributed by atoms with van der Waals surface area (Å²) in [6.45, 7) is 6.39. The Labute approximate surface area is 148 Å². The molecule has 2 aliphatic heterocycles. The molecule has 3 heterocycles. The van der Waals surface area contributed by atoms with Crippen molar-refractivity contribution in [2.24, 2.45) is 5.92 Å². The van der Waals surface area contributed by atoms with Gasteiger partial charge in [-0.3, -0.25) is 0 Å². The van der Waals surface area contributed by atoms with Crippen LogP contribution in [0.25, 0.3) is 0 Å². The van der Waals surface area contributed by atoms with E-state index in [-0.39, 0.29) is 12.1 Å². The van der Waals surface area contributed by atoms with Gasteiger partial charge >= 0.3 is 6.03 Å². The van der Waals surface area contributed by atoms with E-state index in [2.05, 4.69) is 25.5 Å². The number of nitrogens with one attached hydrogen (secondary N) is 1. The second-order valence-electron chi connectivity index (χ2n) is 7.59. The van der Waals surface area contributed by atoms with E-state index >= 15 is 0 Å². The molecule has 1 aliphatic carbocycles. The van der Waals surface area contributed by atoms with E-state index in [9.17, 15) is 4.79 Å². The molecule has 3 aliphatic rings. The number of aromatic nitrogens is 1. The number of urea groups is 1. The van der Waals surface area contributed by atoms with Crippen LogP contribution in [0.2, 0.25) is 0 Å². The van der Waals surface area contributed by atoms with Crippen LogP contribution >= 0.6 is 11.3 Å². The molecule has 5 nitrogen and oxygen atoms in total. The van der Waals surface area contributed by atoms with Crippen LogP contribution in [-0.4, -0.2) is 53.0 Å². The quantitative estimate of drug-likeness (QED) is 0.889. The van der Waals surface area contributed by atoms with Crippen molar-refractivity contribution < 1.29 is 4.79 Å². The summed E-state index contributed by atoms with van der Waals surface area (Å²) in [6.07, 6.45) is 7.32. The maximum absolute atomic E-state index is 12.9. The lowest BCUT2D eigenvalue weighted by atomic mass is 10.2. The van der Waals surface area contributed by atoms with Crippen molar-refractivity contribution in [3.8, 4) is 0 Å². The van der Waals surface area contributed by atoms with Crippen LogP contribution in [0.4, 0.5) is 4.79 Å². The Morgan fingerprint density at radius 1 is 1.29 bits per heavy atom. The first-order valence-electron chi connectivity index (χ1n) is 9.42. The van der Waals surface area contributed by atoms with E-state index in [1.807, 2.05) is 6.92 Å². The summed E-state index contributed by atoms with van der Waals surface area (Å²) in [7, 11) is 0. The Kier molecular flexibility index (Phi) is 4.77. The van der Waals surface area contributed by atoms with Crippen LogP contribution in [-0.2, 0) is 0 Å². The monoisotopic (exact) mass is 348 g/mol. The molecule has 1 saturated carbocycles. The lowest BCUT2D eigenvalue weighted by Crippen LogP contribution is -2.48. The van der Waals surface area contributed by atoms with Crippen LogP contribution in [0.5, 0.6) is 0 Å². The van der Waals surface area contributed by atoms with E-state index in [1.54, 1.807) is 11.3 Å². The molecule has 2 atom stereocenters. The minimum absolute atomic E-state index is 0.115. The van der Waals surface area contributed by atoms with Crippen molar-refractivity contribution in [2.75, 3.05) is 26.2 Å². The first-order chi connectivity index (χ1) is 11.7.